The van der Waals surface area contributed by atoms with Gasteiger partial charge in [-0.1, -0.05) is 65.3 Å². The van der Waals surface area contributed by atoms with E-state index in [1.165, 1.54) is 13.5 Å². The predicted molar refractivity (Wildman–Crippen MR) is 217 cm³/mol. The third kappa shape index (κ3) is 10.8. The number of hydrogen-bond donors (Lipinski definition) is 5. The average Bonchev–Trinajstić information content (AvgIpc) is 4.01. The van der Waals surface area contributed by atoms with Crippen LogP contribution in [0.15, 0.2) is 61.2 Å². The average molecular weight is 755 g/mol. The number of imidazole rings is 3. The molecular weight excluding hydrogens is 697 g/mol. The van der Waals surface area contributed by atoms with Crippen molar-refractivity contribution in [3.63, 3.8) is 0 Å². The summed E-state index contributed by atoms with van der Waals surface area (Å²) in [5.74, 6) is 1.57. The highest BCUT2D eigenvalue weighted by atomic mass is 16.5. The Balaban J connectivity index is 0.000000538. The number of aromatic nitrogens is 6. The van der Waals surface area contributed by atoms with Crippen molar-refractivity contribution < 1.29 is 19.1 Å². The summed E-state index contributed by atoms with van der Waals surface area (Å²) in [4.78, 5) is 58.5. The van der Waals surface area contributed by atoms with Gasteiger partial charge >= 0.3 is 6.09 Å². The molecule has 5 aromatic rings. The number of para-hydroxylation sites is 1. The maximum absolute atomic E-state index is 13.5. The normalized spacial score (nSPS) is 14.1. The van der Waals surface area contributed by atoms with Crippen molar-refractivity contribution in [2.24, 2.45) is 5.92 Å². The Hall–Kier alpha value is -5.50. The molecule has 14 heteroatoms. The minimum absolute atomic E-state index is 0.0509. The van der Waals surface area contributed by atoms with E-state index in [-0.39, 0.29) is 23.8 Å². The van der Waals surface area contributed by atoms with Crippen molar-refractivity contribution in [1.82, 2.24) is 50.3 Å². The van der Waals surface area contributed by atoms with Gasteiger partial charge in [0, 0.05) is 30.8 Å². The fraction of sp³-hybridized carbons (Fsp3) is 0.463. The van der Waals surface area contributed by atoms with Crippen LogP contribution in [0.1, 0.15) is 84.9 Å². The SMILES string of the molecule is CCC.CCCc1ncc(-c2cccc3c2ncn3-c2ccc(-c3cnc(C4CCCN4C(=O)C(NC(=O)OC)C(C)C)[nH]3)cc2)[nH]1.CCNC(=O)CNC. The summed E-state index contributed by atoms with van der Waals surface area (Å²) in [5.41, 5.74) is 6.78. The zero-order chi connectivity index (χ0) is 39.9. The molecule has 3 aromatic heterocycles. The summed E-state index contributed by atoms with van der Waals surface area (Å²) in [7, 11) is 3.04. The van der Waals surface area contributed by atoms with Gasteiger partial charge in [-0.15, -0.1) is 0 Å². The highest BCUT2D eigenvalue weighted by Gasteiger charge is 2.37. The molecule has 3 amide bonds. The summed E-state index contributed by atoms with van der Waals surface area (Å²) >= 11 is 0. The number of hydrogen-bond acceptors (Lipinski definition) is 8. The maximum Gasteiger partial charge on any atom is 0.407 e. The van der Waals surface area contributed by atoms with E-state index in [0.29, 0.717) is 19.6 Å². The molecule has 5 N–H and O–H groups in total. The molecule has 0 radical (unpaired) electrons. The predicted octanol–water partition coefficient (Wildman–Crippen LogP) is 6.56. The summed E-state index contributed by atoms with van der Waals surface area (Å²) in [6.07, 6.45) is 9.81. The molecule has 2 atom stereocenters. The van der Waals surface area contributed by atoms with Crippen LogP contribution < -0.4 is 16.0 Å². The molecule has 2 aromatic carbocycles. The number of carbonyl (C=O) groups excluding carboxylic acids is 3. The first kappa shape index (κ1) is 42.2. The number of aryl methyl sites for hydroxylation is 1. The number of benzene rings is 2. The minimum atomic E-state index is -0.668. The number of amides is 3. The van der Waals surface area contributed by atoms with Crippen LogP contribution in [0.3, 0.4) is 0 Å². The van der Waals surface area contributed by atoms with Crippen molar-refractivity contribution in [2.45, 2.75) is 85.7 Å². The van der Waals surface area contributed by atoms with Crippen LogP contribution >= 0.6 is 0 Å². The fourth-order valence-corrected chi connectivity index (χ4v) is 6.39. The van der Waals surface area contributed by atoms with E-state index in [1.807, 2.05) is 50.5 Å². The van der Waals surface area contributed by atoms with E-state index in [9.17, 15) is 14.4 Å². The van der Waals surface area contributed by atoms with Crippen LogP contribution in [0.5, 0.6) is 0 Å². The Morgan fingerprint density at radius 2 is 1.69 bits per heavy atom. The van der Waals surface area contributed by atoms with Gasteiger partial charge in [-0.3, -0.25) is 14.2 Å². The molecule has 0 spiro atoms. The summed E-state index contributed by atoms with van der Waals surface area (Å²) in [6, 6.07) is 13.6. The molecule has 6 rings (SSSR count). The Morgan fingerprint density at radius 1 is 0.964 bits per heavy atom. The molecule has 4 heterocycles. The van der Waals surface area contributed by atoms with Gasteiger partial charge in [0.2, 0.25) is 11.8 Å². The molecule has 2 unspecified atom stereocenters. The van der Waals surface area contributed by atoms with Gasteiger partial charge in [0.05, 0.1) is 54.5 Å². The highest BCUT2D eigenvalue weighted by Crippen LogP contribution is 2.33. The number of methoxy groups -OCH3 is 1. The van der Waals surface area contributed by atoms with Crippen molar-refractivity contribution in [3.8, 4) is 28.2 Å². The monoisotopic (exact) mass is 754 g/mol. The molecule has 55 heavy (non-hydrogen) atoms. The van der Waals surface area contributed by atoms with E-state index < -0.39 is 12.1 Å². The Morgan fingerprint density at radius 3 is 2.35 bits per heavy atom. The first-order valence-electron chi connectivity index (χ1n) is 19.3. The molecule has 0 aliphatic carbocycles. The number of fused-ring (bicyclic) bond motifs is 1. The first-order valence-corrected chi connectivity index (χ1v) is 19.3. The van der Waals surface area contributed by atoms with Gasteiger partial charge in [-0.05, 0) is 62.9 Å². The van der Waals surface area contributed by atoms with Gasteiger partial charge in [0.1, 0.15) is 24.0 Å². The van der Waals surface area contributed by atoms with E-state index in [2.05, 4.69) is 97.6 Å². The second-order valence-electron chi connectivity index (χ2n) is 13.7. The quantitative estimate of drug-likeness (QED) is 0.0952. The van der Waals surface area contributed by atoms with Gasteiger partial charge in [0.15, 0.2) is 0 Å². The number of likely N-dealkylation sites (tertiary alicyclic amines) is 1. The van der Waals surface area contributed by atoms with Crippen LogP contribution in [0.4, 0.5) is 4.79 Å². The lowest BCUT2D eigenvalue weighted by Crippen LogP contribution is -2.51. The van der Waals surface area contributed by atoms with Gasteiger partial charge < -0.3 is 35.6 Å². The van der Waals surface area contributed by atoms with E-state index in [4.69, 9.17) is 9.72 Å². The third-order valence-electron chi connectivity index (χ3n) is 8.99. The largest absolute Gasteiger partial charge is 0.453 e. The van der Waals surface area contributed by atoms with Crippen LogP contribution in [-0.4, -0.2) is 92.1 Å². The number of H-pyrrole nitrogens is 2. The van der Waals surface area contributed by atoms with Gasteiger partial charge in [-0.2, -0.15) is 0 Å². The molecule has 14 nitrogen and oxygen atoms in total. The lowest BCUT2D eigenvalue weighted by molar-refractivity contribution is -0.135. The van der Waals surface area contributed by atoms with Gasteiger partial charge in [-0.25, -0.2) is 19.7 Å². The van der Waals surface area contributed by atoms with Crippen molar-refractivity contribution >= 4 is 28.9 Å². The summed E-state index contributed by atoms with van der Waals surface area (Å²) in [5, 5.41) is 8.08. The lowest BCUT2D eigenvalue weighted by atomic mass is 10.0. The molecule has 1 aliphatic rings. The fourth-order valence-electron chi connectivity index (χ4n) is 6.39. The second-order valence-corrected chi connectivity index (χ2v) is 13.7. The van der Waals surface area contributed by atoms with E-state index in [0.717, 1.165) is 76.6 Å². The van der Waals surface area contributed by atoms with Crippen molar-refractivity contribution in [1.29, 1.82) is 0 Å². The third-order valence-corrected chi connectivity index (χ3v) is 8.99. The number of aromatic amines is 2. The van der Waals surface area contributed by atoms with Crippen molar-refractivity contribution in [2.75, 3.05) is 33.8 Å². The van der Waals surface area contributed by atoms with E-state index >= 15 is 0 Å². The minimum Gasteiger partial charge on any atom is -0.453 e. The molecule has 296 valence electrons. The number of nitrogens with zero attached hydrogens (tertiary/aromatic N) is 5. The van der Waals surface area contributed by atoms with Gasteiger partial charge in [0.25, 0.3) is 0 Å². The topological polar surface area (TPSA) is 175 Å². The Kier molecular flexibility index (Phi) is 16.0. The maximum atomic E-state index is 13.5. The summed E-state index contributed by atoms with van der Waals surface area (Å²) < 4.78 is 6.83. The lowest BCUT2D eigenvalue weighted by Gasteiger charge is -2.30. The molecular formula is C41H58N10O4. The molecule has 0 bridgehead atoms. The zero-order valence-electron chi connectivity index (χ0n) is 33.5. The molecule has 1 saturated heterocycles. The zero-order valence-corrected chi connectivity index (χ0v) is 33.5. The van der Waals surface area contributed by atoms with Crippen LogP contribution in [0, 0.1) is 5.92 Å². The van der Waals surface area contributed by atoms with Crippen LogP contribution in [0.25, 0.3) is 39.2 Å². The Labute approximate surface area is 324 Å². The first-order chi connectivity index (χ1) is 26.6. The standard InChI is InChI=1S/C33H38N8O3.C5H12N2O.C3H8/c1-5-8-28-34-18-25(37-28)23-9-6-10-26-30(23)36-19-41(26)22-14-12-21(13-15-22)24-17-35-31(38-24)27-11-7-16-40(27)32(42)29(20(2)3)39-33(43)44-4;1-3-7-5(8)4-6-2;1-3-2/h6,9-10,12-15,17-20,27,29H,5,7-8,11,16H2,1-4H3,(H,34,37)(H,35,38)(H,39,43);6H,3-4H2,1-2H3,(H,7,8);3H2,1-2H3. The smallest absolute Gasteiger partial charge is 0.407 e. The number of rotatable bonds is 12. The summed E-state index contributed by atoms with van der Waals surface area (Å²) in [6.45, 7) is 13.8. The molecule has 0 saturated carbocycles. The number of nitrogens with one attached hydrogen (secondary N) is 5. The van der Waals surface area contributed by atoms with Crippen LogP contribution in [0.2, 0.25) is 0 Å². The highest BCUT2D eigenvalue weighted by molar-refractivity contribution is 5.92. The molecule has 1 aliphatic heterocycles. The van der Waals surface area contributed by atoms with Crippen LogP contribution in [-0.2, 0) is 20.7 Å². The molecule has 1 fully saturated rings. The number of carbonyl (C=O) groups is 3. The number of ether oxygens (including phenoxy) is 1. The van der Waals surface area contributed by atoms with Crippen molar-refractivity contribution in [3.05, 3.63) is 72.8 Å². The number of alkyl carbamates (subject to hydrolysis) is 1. The second kappa shape index (κ2) is 20.8. The Bertz CT molecular complexity index is 1950. The van der Waals surface area contributed by atoms with E-state index in [1.54, 1.807) is 7.05 Å². The number of likely N-dealkylation sites (N-methyl/N-ethyl adjacent to an activating group) is 2.